The Hall–Kier alpha value is -2.93. The van der Waals surface area contributed by atoms with Gasteiger partial charge in [-0.3, -0.25) is 14.4 Å². The number of aryl methyl sites for hydroxylation is 1. The van der Waals surface area contributed by atoms with Gasteiger partial charge in [-0.1, -0.05) is 48.9 Å². The largest absolute Gasteiger partial charge is 0.481 e. The number of carbonyl (C=O) groups is 3. The zero-order chi connectivity index (χ0) is 23.8. The number of fused-ring (bicyclic) bond motifs is 1. The maximum atomic E-state index is 13.9. The number of unbranched alkanes of at least 4 members (excludes halogenated alkanes) is 1. The van der Waals surface area contributed by atoms with Gasteiger partial charge < -0.3 is 20.8 Å². The molecule has 1 saturated heterocycles. The Morgan fingerprint density at radius 1 is 1.18 bits per heavy atom. The van der Waals surface area contributed by atoms with E-state index in [1.54, 1.807) is 4.90 Å². The highest BCUT2D eigenvalue weighted by molar-refractivity contribution is 5.93. The number of benzene rings is 1. The summed E-state index contributed by atoms with van der Waals surface area (Å²) in [5.74, 6) is -3.10. The molecule has 0 spiro atoms. The molecule has 1 heterocycles. The van der Waals surface area contributed by atoms with Crippen molar-refractivity contribution in [2.75, 3.05) is 6.54 Å². The zero-order valence-corrected chi connectivity index (χ0v) is 19.0. The summed E-state index contributed by atoms with van der Waals surface area (Å²) in [5.41, 5.74) is 7.11. The molecule has 0 bridgehead atoms. The third-order valence-electron chi connectivity index (χ3n) is 6.85. The van der Waals surface area contributed by atoms with Crippen molar-refractivity contribution in [1.29, 1.82) is 0 Å². The Morgan fingerprint density at radius 3 is 2.64 bits per heavy atom. The molecule has 178 valence electrons. The number of nitrogens with zero attached hydrogens (tertiary/aromatic N) is 1. The van der Waals surface area contributed by atoms with Gasteiger partial charge in [-0.2, -0.15) is 0 Å². The van der Waals surface area contributed by atoms with Crippen LogP contribution in [0.4, 0.5) is 0 Å². The number of amides is 1. The molecule has 1 fully saturated rings. The number of rotatable bonds is 10. The van der Waals surface area contributed by atoms with Crippen LogP contribution in [0.3, 0.4) is 0 Å². The van der Waals surface area contributed by atoms with Gasteiger partial charge in [0.25, 0.3) is 0 Å². The fraction of sp³-hybridized carbons (Fsp3) is 0.500. The predicted molar refractivity (Wildman–Crippen MR) is 125 cm³/mol. The highest BCUT2D eigenvalue weighted by Crippen LogP contribution is 2.38. The molecule has 1 aromatic carbocycles. The lowest BCUT2D eigenvalue weighted by Gasteiger charge is -2.43. The second kappa shape index (κ2) is 11.3. The molecule has 7 heteroatoms. The van der Waals surface area contributed by atoms with Gasteiger partial charge in [-0.25, -0.2) is 0 Å². The van der Waals surface area contributed by atoms with E-state index in [1.165, 1.54) is 0 Å². The lowest BCUT2D eigenvalue weighted by atomic mass is 9.73. The highest BCUT2D eigenvalue weighted by Gasteiger charge is 2.49. The van der Waals surface area contributed by atoms with Crippen LogP contribution >= 0.6 is 0 Å². The molecule has 7 nitrogen and oxygen atoms in total. The van der Waals surface area contributed by atoms with E-state index in [0.717, 1.165) is 24.1 Å². The SMILES string of the molecule is NC1(C(CCc2ccccc2)C(=O)O)CCCC2CC=CC=C2N(CCCCC(=O)O)C1=O. The average molecular weight is 455 g/mol. The molecule has 1 aliphatic carbocycles. The first-order valence-corrected chi connectivity index (χ1v) is 11.8. The lowest BCUT2D eigenvalue weighted by molar-refractivity contribution is -0.152. The van der Waals surface area contributed by atoms with E-state index in [0.29, 0.717) is 38.6 Å². The summed E-state index contributed by atoms with van der Waals surface area (Å²) < 4.78 is 0. The van der Waals surface area contributed by atoms with E-state index in [1.807, 2.05) is 42.5 Å². The number of nitrogens with two attached hydrogens (primary N) is 1. The lowest BCUT2D eigenvalue weighted by Crippen LogP contribution is -2.62. The first-order valence-electron chi connectivity index (χ1n) is 11.8. The van der Waals surface area contributed by atoms with Crippen molar-refractivity contribution in [1.82, 2.24) is 4.90 Å². The molecule has 3 unspecified atom stereocenters. The van der Waals surface area contributed by atoms with Crippen molar-refractivity contribution in [2.45, 2.75) is 63.3 Å². The molecule has 0 saturated carbocycles. The van der Waals surface area contributed by atoms with Crippen LogP contribution in [-0.4, -0.2) is 45.0 Å². The van der Waals surface area contributed by atoms with E-state index in [2.05, 4.69) is 6.08 Å². The van der Waals surface area contributed by atoms with Gasteiger partial charge in [0, 0.05) is 24.6 Å². The minimum absolute atomic E-state index is 0.0347. The Balaban J connectivity index is 1.86. The third-order valence-corrected chi connectivity index (χ3v) is 6.85. The maximum absolute atomic E-state index is 13.9. The number of likely N-dealkylation sites (tertiary alicyclic amines) is 1. The van der Waals surface area contributed by atoms with Gasteiger partial charge >= 0.3 is 11.9 Å². The second-order valence-corrected chi connectivity index (χ2v) is 9.11. The maximum Gasteiger partial charge on any atom is 0.308 e. The highest BCUT2D eigenvalue weighted by atomic mass is 16.4. The molecule has 33 heavy (non-hydrogen) atoms. The predicted octanol–water partition coefficient (Wildman–Crippen LogP) is 3.74. The van der Waals surface area contributed by atoms with E-state index >= 15 is 0 Å². The number of hydrogen-bond acceptors (Lipinski definition) is 4. The molecular formula is C26H34N2O5. The van der Waals surface area contributed by atoms with Crippen molar-refractivity contribution >= 4 is 17.8 Å². The Bertz CT molecular complexity index is 911. The van der Waals surface area contributed by atoms with Gasteiger partial charge in [-0.15, -0.1) is 0 Å². The van der Waals surface area contributed by atoms with Crippen molar-refractivity contribution in [3.8, 4) is 0 Å². The van der Waals surface area contributed by atoms with Crippen molar-refractivity contribution in [3.63, 3.8) is 0 Å². The third kappa shape index (κ3) is 6.11. The van der Waals surface area contributed by atoms with Crippen LogP contribution in [0, 0.1) is 11.8 Å². The van der Waals surface area contributed by atoms with Crippen LogP contribution in [0.1, 0.15) is 56.9 Å². The number of allylic oxidation sites excluding steroid dienone is 4. The minimum Gasteiger partial charge on any atom is -0.481 e. The fourth-order valence-corrected chi connectivity index (χ4v) is 5.02. The monoisotopic (exact) mass is 454 g/mol. The van der Waals surface area contributed by atoms with Gasteiger partial charge in [0.1, 0.15) is 5.54 Å². The van der Waals surface area contributed by atoms with Crippen LogP contribution in [0.25, 0.3) is 0 Å². The van der Waals surface area contributed by atoms with Crippen molar-refractivity contribution < 1.29 is 24.6 Å². The molecule has 4 N–H and O–H groups in total. The Labute approximate surface area is 195 Å². The molecule has 3 rings (SSSR count). The number of carbonyl (C=O) groups excluding carboxylic acids is 1. The molecule has 0 aromatic heterocycles. The van der Waals surface area contributed by atoms with Gasteiger partial charge in [0.05, 0.1) is 5.92 Å². The van der Waals surface area contributed by atoms with Crippen molar-refractivity contribution in [3.05, 3.63) is 59.8 Å². The summed E-state index contributed by atoms with van der Waals surface area (Å²) in [6.45, 7) is 0.340. The summed E-state index contributed by atoms with van der Waals surface area (Å²) in [6.07, 6.45) is 10.4. The summed E-state index contributed by atoms with van der Waals surface area (Å²) >= 11 is 0. The number of hydrogen-bond donors (Lipinski definition) is 3. The van der Waals surface area contributed by atoms with Crippen LogP contribution in [0.15, 0.2) is 54.3 Å². The standard InChI is InChI=1S/C26H34N2O5/c27-26(21(24(31)32)16-15-19-9-2-1-3-10-19)17-8-12-20-11-4-5-13-22(20)28(25(26)33)18-7-6-14-23(29)30/h1-5,9-10,13,20-21H,6-8,11-12,14-18,27H2,(H,29,30)(H,31,32). The molecule has 1 aliphatic heterocycles. The van der Waals surface area contributed by atoms with Crippen molar-refractivity contribution in [2.24, 2.45) is 17.6 Å². The number of carboxylic acids is 2. The van der Waals surface area contributed by atoms with E-state index < -0.39 is 23.4 Å². The topological polar surface area (TPSA) is 121 Å². The van der Waals surface area contributed by atoms with Crippen LogP contribution in [-0.2, 0) is 20.8 Å². The molecule has 3 atom stereocenters. The molecule has 2 aliphatic rings. The summed E-state index contributed by atoms with van der Waals surface area (Å²) in [5, 5.41) is 19.1. The van der Waals surface area contributed by atoms with E-state index in [-0.39, 0.29) is 24.7 Å². The first kappa shape index (κ1) is 24.7. The fourth-order valence-electron chi connectivity index (χ4n) is 5.02. The van der Waals surface area contributed by atoms with Gasteiger partial charge in [0.15, 0.2) is 0 Å². The van der Waals surface area contributed by atoms with Gasteiger partial charge in [-0.05, 0) is 56.6 Å². The second-order valence-electron chi connectivity index (χ2n) is 9.11. The quantitative estimate of drug-likeness (QED) is 0.463. The zero-order valence-electron chi connectivity index (χ0n) is 19.0. The molecule has 1 amide bonds. The average Bonchev–Trinajstić information content (AvgIpc) is 2.79. The van der Waals surface area contributed by atoms with Crippen LogP contribution in [0.2, 0.25) is 0 Å². The normalized spacial score (nSPS) is 23.8. The smallest absolute Gasteiger partial charge is 0.308 e. The number of aliphatic carboxylic acids is 2. The first-order chi connectivity index (χ1) is 15.8. The number of carboxylic acid groups (broad SMARTS) is 2. The van der Waals surface area contributed by atoms with Gasteiger partial charge in [0.2, 0.25) is 5.91 Å². The summed E-state index contributed by atoms with van der Waals surface area (Å²) in [4.78, 5) is 38.8. The van der Waals surface area contributed by atoms with E-state index in [4.69, 9.17) is 10.8 Å². The molecule has 0 radical (unpaired) electrons. The molecule has 1 aromatic rings. The van der Waals surface area contributed by atoms with E-state index in [9.17, 15) is 19.5 Å². The Kier molecular flexibility index (Phi) is 8.44. The molecular weight excluding hydrogens is 420 g/mol. The van der Waals surface area contributed by atoms with Crippen LogP contribution in [0.5, 0.6) is 0 Å². The summed E-state index contributed by atoms with van der Waals surface area (Å²) in [7, 11) is 0. The van der Waals surface area contributed by atoms with Crippen LogP contribution < -0.4 is 5.73 Å². The summed E-state index contributed by atoms with van der Waals surface area (Å²) in [6, 6.07) is 9.62. The minimum atomic E-state index is -1.51. The Morgan fingerprint density at radius 2 is 1.94 bits per heavy atom.